The SMILES string of the molecule is O=C(N/N=C/c1cccc(Cl)c1Cl)C(=O)Nc1ccc(Br)cc1. The minimum Gasteiger partial charge on any atom is -0.318 e. The normalized spacial score (nSPS) is 10.6. The molecule has 0 atom stereocenters. The van der Waals surface area contributed by atoms with E-state index in [0.29, 0.717) is 21.3 Å². The second-order valence-corrected chi connectivity index (χ2v) is 6.00. The zero-order chi connectivity index (χ0) is 16.8. The van der Waals surface area contributed by atoms with Crippen molar-refractivity contribution in [1.82, 2.24) is 5.43 Å². The Morgan fingerprint density at radius 3 is 2.43 bits per heavy atom. The van der Waals surface area contributed by atoms with Crippen LogP contribution in [0.15, 0.2) is 52.0 Å². The zero-order valence-corrected chi connectivity index (χ0v) is 14.6. The number of hydrogen-bond donors (Lipinski definition) is 2. The third-order valence-corrected chi connectivity index (χ3v) is 4.02. The molecule has 0 aliphatic heterocycles. The maximum atomic E-state index is 11.7. The van der Waals surface area contributed by atoms with Crippen molar-refractivity contribution in [1.29, 1.82) is 0 Å². The fourth-order valence-electron chi connectivity index (χ4n) is 1.55. The standard InChI is InChI=1S/C15H10BrCl2N3O2/c16-10-4-6-11(7-5-10)20-14(22)15(23)21-19-8-9-2-1-3-12(17)13(9)18/h1-8H,(H,20,22)(H,21,23)/b19-8+. The number of benzene rings is 2. The summed E-state index contributed by atoms with van der Waals surface area (Å²) < 4.78 is 0.864. The van der Waals surface area contributed by atoms with E-state index in [1.165, 1.54) is 6.21 Å². The molecule has 0 aliphatic carbocycles. The van der Waals surface area contributed by atoms with Crippen molar-refractivity contribution in [3.8, 4) is 0 Å². The molecule has 0 aliphatic rings. The average molecular weight is 415 g/mol. The van der Waals surface area contributed by atoms with Crippen molar-refractivity contribution in [2.75, 3.05) is 5.32 Å². The fourth-order valence-corrected chi connectivity index (χ4v) is 2.17. The van der Waals surface area contributed by atoms with Crippen LogP contribution in [0.5, 0.6) is 0 Å². The molecule has 0 aromatic heterocycles. The number of amides is 2. The van der Waals surface area contributed by atoms with Crippen LogP contribution in [0.1, 0.15) is 5.56 Å². The summed E-state index contributed by atoms with van der Waals surface area (Å²) in [6.45, 7) is 0. The summed E-state index contributed by atoms with van der Waals surface area (Å²) in [6.07, 6.45) is 1.30. The molecule has 0 saturated carbocycles. The van der Waals surface area contributed by atoms with Crippen molar-refractivity contribution in [2.24, 2.45) is 5.10 Å². The largest absolute Gasteiger partial charge is 0.329 e. The summed E-state index contributed by atoms with van der Waals surface area (Å²) in [7, 11) is 0. The van der Waals surface area contributed by atoms with E-state index >= 15 is 0 Å². The molecular formula is C15H10BrCl2N3O2. The second kappa shape index (κ2) is 8.10. The molecular weight excluding hydrogens is 405 g/mol. The monoisotopic (exact) mass is 413 g/mol. The highest BCUT2D eigenvalue weighted by atomic mass is 79.9. The van der Waals surface area contributed by atoms with Gasteiger partial charge in [-0.05, 0) is 30.3 Å². The Balaban J connectivity index is 1.93. The number of anilines is 1. The van der Waals surface area contributed by atoms with Crippen molar-refractivity contribution in [2.45, 2.75) is 0 Å². The minimum atomic E-state index is -0.901. The van der Waals surface area contributed by atoms with Crippen molar-refractivity contribution < 1.29 is 9.59 Å². The van der Waals surface area contributed by atoms with Gasteiger partial charge in [-0.3, -0.25) is 9.59 Å². The maximum Gasteiger partial charge on any atom is 0.329 e. The van der Waals surface area contributed by atoms with Crippen molar-refractivity contribution >= 4 is 62.8 Å². The smallest absolute Gasteiger partial charge is 0.318 e. The molecule has 2 aromatic rings. The molecule has 2 rings (SSSR count). The summed E-state index contributed by atoms with van der Waals surface area (Å²) in [5.74, 6) is -1.73. The molecule has 0 bridgehead atoms. The van der Waals surface area contributed by atoms with Gasteiger partial charge < -0.3 is 5.32 Å². The maximum absolute atomic E-state index is 11.7. The van der Waals surface area contributed by atoms with E-state index in [2.05, 4.69) is 31.8 Å². The van der Waals surface area contributed by atoms with Gasteiger partial charge in [-0.15, -0.1) is 0 Å². The molecule has 2 aromatic carbocycles. The lowest BCUT2D eigenvalue weighted by atomic mass is 10.2. The van der Waals surface area contributed by atoms with Crippen LogP contribution >= 0.6 is 39.1 Å². The Morgan fingerprint density at radius 2 is 1.74 bits per heavy atom. The van der Waals surface area contributed by atoms with E-state index in [1.54, 1.807) is 42.5 Å². The van der Waals surface area contributed by atoms with E-state index < -0.39 is 11.8 Å². The predicted octanol–water partition coefficient (Wildman–Crippen LogP) is 3.84. The molecule has 8 heteroatoms. The summed E-state index contributed by atoms with van der Waals surface area (Å²) in [4.78, 5) is 23.4. The summed E-state index contributed by atoms with van der Waals surface area (Å²) in [5, 5.41) is 6.81. The number of nitrogens with one attached hydrogen (secondary N) is 2. The van der Waals surface area contributed by atoms with E-state index in [-0.39, 0.29) is 0 Å². The topological polar surface area (TPSA) is 70.6 Å². The number of carbonyl (C=O) groups excluding carboxylic acids is 2. The third-order valence-electron chi connectivity index (χ3n) is 2.66. The number of hydrogen-bond acceptors (Lipinski definition) is 3. The molecule has 118 valence electrons. The number of rotatable bonds is 3. The lowest BCUT2D eigenvalue weighted by Crippen LogP contribution is -2.32. The van der Waals surface area contributed by atoms with Gasteiger partial charge in [0.1, 0.15) is 0 Å². The van der Waals surface area contributed by atoms with E-state index in [0.717, 1.165) is 4.47 Å². The number of halogens is 3. The first-order chi connectivity index (χ1) is 11.0. The number of nitrogens with zero attached hydrogens (tertiary/aromatic N) is 1. The molecule has 23 heavy (non-hydrogen) atoms. The first-order valence-electron chi connectivity index (χ1n) is 6.31. The highest BCUT2D eigenvalue weighted by Gasteiger charge is 2.12. The lowest BCUT2D eigenvalue weighted by molar-refractivity contribution is -0.136. The van der Waals surface area contributed by atoms with Crippen molar-refractivity contribution in [3.05, 3.63) is 62.5 Å². The van der Waals surface area contributed by atoms with Gasteiger partial charge in [0.15, 0.2) is 0 Å². The second-order valence-electron chi connectivity index (χ2n) is 4.30. The lowest BCUT2D eigenvalue weighted by Gasteiger charge is -2.04. The molecule has 5 nitrogen and oxygen atoms in total. The van der Waals surface area contributed by atoms with Gasteiger partial charge in [0.25, 0.3) is 0 Å². The first kappa shape index (κ1) is 17.5. The number of hydrazone groups is 1. The van der Waals surface area contributed by atoms with Gasteiger partial charge in [0, 0.05) is 15.7 Å². The first-order valence-corrected chi connectivity index (χ1v) is 7.86. The minimum absolute atomic E-state index is 0.312. The van der Waals surface area contributed by atoms with Gasteiger partial charge in [-0.1, -0.05) is 51.3 Å². The molecule has 2 amide bonds. The van der Waals surface area contributed by atoms with Gasteiger partial charge >= 0.3 is 11.8 Å². The van der Waals surface area contributed by atoms with Crippen LogP contribution < -0.4 is 10.7 Å². The zero-order valence-electron chi connectivity index (χ0n) is 11.5. The molecule has 0 spiro atoms. The molecule has 0 radical (unpaired) electrons. The highest BCUT2D eigenvalue weighted by molar-refractivity contribution is 9.10. The Labute approximate surface area is 150 Å². The summed E-state index contributed by atoms with van der Waals surface area (Å²) >= 11 is 15.1. The molecule has 0 unspecified atom stereocenters. The van der Waals surface area contributed by atoms with Gasteiger partial charge in [0.2, 0.25) is 0 Å². The predicted molar refractivity (Wildman–Crippen MR) is 95.0 cm³/mol. The summed E-state index contributed by atoms with van der Waals surface area (Å²) in [6, 6.07) is 11.8. The van der Waals surface area contributed by atoms with Gasteiger partial charge in [-0.25, -0.2) is 5.43 Å². The van der Waals surface area contributed by atoms with Gasteiger partial charge in [-0.2, -0.15) is 5.10 Å². The van der Waals surface area contributed by atoms with Crippen LogP contribution in [-0.4, -0.2) is 18.0 Å². The van der Waals surface area contributed by atoms with Crippen LogP contribution in [0.25, 0.3) is 0 Å². The molecule has 2 N–H and O–H groups in total. The van der Waals surface area contributed by atoms with Crippen LogP contribution in [0, 0.1) is 0 Å². The average Bonchev–Trinajstić information content (AvgIpc) is 2.53. The van der Waals surface area contributed by atoms with Crippen LogP contribution in [0.2, 0.25) is 10.0 Å². The quantitative estimate of drug-likeness (QED) is 0.455. The Kier molecular flexibility index (Phi) is 6.15. The molecule has 0 fully saturated rings. The highest BCUT2D eigenvalue weighted by Crippen LogP contribution is 2.24. The Bertz CT molecular complexity index is 764. The molecule has 0 heterocycles. The van der Waals surface area contributed by atoms with Gasteiger partial charge in [0.05, 0.1) is 16.3 Å². The molecule has 0 saturated heterocycles. The van der Waals surface area contributed by atoms with Crippen molar-refractivity contribution in [3.63, 3.8) is 0 Å². The Hall–Kier alpha value is -1.89. The number of carbonyl (C=O) groups is 2. The summed E-state index contributed by atoms with van der Waals surface area (Å²) in [5.41, 5.74) is 3.13. The van der Waals surface area contributed by atoms with Crippen LogP contribution in [-0.2, 0) is 9.59 Å². The van der Waals surface area contributed by atoms with E-state index in [1.807, 2.05) is 0 Å². The third kappa shape index (κ3) is 5.06. The fraction of sp³-hybridized carbons (Fsp3) is 0. The van der Waals surface area contributed by atoms with Crippen LogP contribution in [0.4, 0.5) is 5.69 Å². The Morgan fingerprint density at radius 1 is 1.04 bits per heavy atom. The van der Waals surface area contributed by atoms with Crippen LogP contribution in [0.3, 0.4) is 0 Å². The van der Waals surface area contributed by atoms with E-state index in [4.69, 9.17) is 23.2 Å². The van der Waals surface area contributed by atoms with E-state index in [9.17, 15) is 9.59 Å².